The van der Waals surface area contributed by atoms with E-state index in [9.17, 15) is 18.8 Å². The summed E-state index contributed by atoms with van der Waals surface area (Å²) < 4.78 is 35.4. The fourth-order valence-electron chi connectivity index (χ4n) is 3.75. The molecule has 0 aliphatic heterocycles. The van der Waals surface area contributed by atoms with Crippen LogP contribution in [0, 0.1) is 5.92 Å². The number of esters is 2. The number of amides is 1. The van der Waals surface area contributed by atoms with Crippen molar-refractivity contribution in [3.05, 3.63) is 29.8 Å². The molecule has 1 N–H and O–H groups in total. The van der Waals surface area contributed by atoms with Crippen molar-refractivity contribution >= 4 is 18.0 Å². The van der Waals surface area contributed by atoms with E-state index in [1.807, 2.05) is 12.1 Å². The smallest absolute Gasteiger partial charge is 0.408 e. The third kappa shape index (κ3) is 11.7. The van der Waals surface area contributed by atoms with E-state index in [-0.39, 0.29) is 18.9 Å². The highest BCUT2D eigenvalue weighted by Gasteiger charge is 2.35. The van der Waals surface area contributed by atoms with Gasteiger partial charge in [0.1, 0.15) is 40.9 Å². The molecule has 1 amide bonds. The van der Waals surface area contributed by atoms with Crippen LogP contribution in [0.25, 0.3) is 0 Å². The molecule has 2 atom stereocenters. The maximum absolute atomic E-state index is 13.2. The molecule has 1 aromatic carbocycles. The van der Waals surface area contributed by atoms with Gasteiger partial charge in [0.15, 0.2) is 0 Å². The predicted octanol–water partition coefficient (Wildman–Crippen LogP) is 5.69. The number of carbonyl (C=O) groups is 3. The average Bonchev–Trinajstić information content (AvgIpc) is 2.68. The van der Waals surface area contributed by atoms with Crippen LogP contribution in [0.3, 0.4) is 0 Å². The maximum atomic E-state index is 13.2. The monoisotopic (exact) mass is 537 g/mol. The Morgan fingerprint density at radius 2 is 1.34 bits per heavy atom. The van der Waals surface area contributed by atoms with E-state index in [1.54, 1.807) is 74.4 Å². The number of nitrogens with one attached hydrogen (secondary N) is 1. The summed E-state index contributed by atoms with van der Waals surface area (Å²) in [4.78, 5) is 38.9. The minimum absolute atomic E-state index is 0.0543. The van der Waals surface area contributed by atoms with Crippen molar-refractivity contribution in [3.8, 4) is 5.75 Å². The Balaban J connectivity index is 2.24. The molecule has 1 aliphatic carbocycles. The van der Waals surface area contributed by atoms with Gasteiger partial charge in [0.25, 0.3) is 0 Å². The largest absolute Gasteiger partial charge is 0.490 e. The maximum Gasteiger partial charge on any atom is 0.408 e. The van der Waals surface area contributed by atoms with E-state index in [0.717, 1.165) is 5.56 Å². The van der Waals surface area contributed by atoms with Gasteiger partial charge in [-0.25, -0.2) is 14.0 Å². The zero-order valence-corrected chi connectivity index (χ0v) is 24.2. The molecule has 38 heavy (non-hydrogen) atoms. The Bertz CT molecular complexity index is 951. The Hall–Kier alpha value is -2.84. The number of carbonyl (C=O) groups excluding carboxylic acids is 3. The predicted molar refractivity (Wildman–Crippen MR) is 142 cm³/mol. The van der Waals surface area contributed by atoms with Gasteiger partial charge in [-0.15, -0.1) is 0 Å². The van der Waals surface area contributed by atoms with Gasteiger partial charge in [-0.05, 0) is 92.9 Å². The summed E-state index contributed by atoms with van der Waals surface area (Å²) in [5, 5.41) is 2.58. The Kier molecular flexibility index (Phi) is 10.2. The average molecular weight is 538 g/mol. The molecule has 1 aromatic rings. The molecular formula is C29H44FNO7. The normalized spacial score (nSPS) is 19.4. The van der Waals surface area contributed by atoms with Crippen LogP contribution in [0.5, 0.6) is 5.75 Å². The zero-order valence-electron chi connectivity index (χ0n) is 24.2. The Morgan fingerprint density at radius 1 is 0.842 bits per heavy atom. The molecule has 1 saturated carbocycles. The highest BCUT2D eigenvalue weighted by atomic mass is 19.1. The number of benzene rings is 1. The van der Waals surface area contributed by atoms with Crippen molar-refractivity contribution in [2.45, 2.75) is 123 Å². The highest BCUT2D eigenvalue weighted by molar-refractivity contribution is 5.83. The van der Waals surface area contributed by atoms with Crippen molar-refractivity contribution < 1.29 is 37.7 Å². The third-order valence-electron chi connectivity index (χ3n) is 5.39. The number of alkyl carbamates (subject to hydrolysis) is 1. The summed E-state index contributed by atoms with van der Waals surface area (Å²) in [6, 6.07) is 6.05. The lowest BCUT2D eigenvalue weighted by atomic mass is 9.92. The standard InChI is InChI=1S/C29H44FNO7/c1-27(2,3)36-24(32)19(14-18-10-12-21(13-11-18)35-22-16-20(30)17-22)15-23(25(33)37-28(4,5)6)31-26(34)38-29(7,8)9/h10-13,19-20,22-23H,14-17H2,1-9H3,(H,31,34)/t19-,20?,22?,23-/m0/s1. The fraction of sp³-hybridized carbons (Fsp3) is 0.690. The van der Waals surface area contributed by atoms with Crippen molar-refractivity contribution in [1.29, 1.82) is 0 Å². The number of halogens is 1. The van der Waals surface area contributed by atoms with E-state index in [1.165, 1.54) is 0 Å². The van der Waals surface area contributed by atoms with E-state index in [0.29, 0.717) is 18.6 Å². The van der Waals surface area contributed by atoms with Crippen LogP contribution in [-0.4, -0.2) is 53.2 Å². The summed E-state index contributed by atoms with van der Waals surface area (Å²) in [5.74, 6) is -1.32. The molecule has 0 saturated heterocycles. The molecule has 1 aliphatic rings. The molecule has 0 radical (unpaired) electrons. The Morgan fingerprint density at radius 3 is 1.82 bits per heavy atom. The van der Waals surface area contributed by atoms with Gasteiger partial charge in [0.05, 0.1) is 5.92 Å². The molecular weight excluding hydrogens is 493 g/mol. The van der Waals surface area contributed by atoms with Crippen LogP contribution >= 0.6 is 0 Å². The zero-order chi connectivity index (χ0) is 28.9. The summed E-state index contributed by atoms with van der Waals surface area (Å²) in [6.45, 7) is 15.6. The van der Waals surface area contributed by atoms with Crippen LogP contribution in [0.2, 0.25) is 0 Å². The van der Waals surface area contributed by atoms with Crippen molar-refractivity contribution in [2.75, 3.05) is 0 Å². The summed E-state index contributed by atoms with van der Waals surface area (Å²) in [5.41, 5.74) is -1.51. The highest BCUT2D eigenvalue weighted by Crippen LogP contribution is 2.29. The lowest BCUT2D eigenvalue weighted by molar-refractivity contribution is -0.162. The molecule has 214 valence electrons. The number of ether oxygens (including phenoxy) is 4. The number of rotatable bonds is 9. The van der Waals surface area contributed by atoms with E-state index in [2.05, 4.69) is 5.32 Å². The number of hydrogen-bond acceptors (Lipinski definition) is 7. The topological polar surface area (TPSA) is 100 Å². The minimum atomic E-state index is -1.14. The van der Waals surface area contributed by atoms with Gasteiger partial charge in [0.2, 0.25) is 0 Å². The Labute approximate surface area is 225 Å². The molecule has 0 heterocycles. The van der Waals surface area contributed by atoms with E-state index >= 15 is 0 Å². The van der Waals surface area contributed by atoms with Crippen LogP contribution in [0.15, 0.2) is 24.3 Å². The van der Waals surface area contributed by atoms with Crippen LogP contribution in [0.4, 0.5) is 9.18 Å². The van der Waals surface area contributed by atoms with Gasteiger partial charge in [-0.1, -0.05) is 12.1 Å². The lowest BCUT2D eigenvalue weighted by Crippen LogP contribution is -2.48. The van der Waals surface area contributed by atoms with Gasteiger partial charge in [-0.2, -0.15) is 0 Å². The SMILES string of the molecule is CC(C)(C)OC(=O)N[C@@H](C[C@H](Cc1ccc(OC2CC(F)C2)cc1)C(=O)OC(C)(C)C)C(=O)OC(C)(C)C. The second-order valence-corrected chi connectivity index (χ2v) is 12.9. The lowest BCUT2D eigenvalue weighted by Gasteiger charge is -2.30. The van der Waals surface area contributed by atoms with E-state index < -0.39 is 53.0 Å². The summed E-state index contributed by atoms with van der Waals surface area (Å²) >= 11 is 0. The van der Waals surface area contributed by atoms with Crippen molar-refractivity contribution in [3.63, 3.8) is 0 Å². The van der Waals surface area contributed by atoms with E-state index in [4.69, 9.17) is 18.9 Å². The fourth-order valence-corrected chi connectivity index (χ4v) is 3.75. The molecule has 0 unspecified atom stereocenters. The molecule has 2 rings (SSSR count). The van der Waals surface area contributed by atoms with Gasteiger partial charge < -0.3 is 24.3 Å². The molecule has 8 nitrogen and oxygen atoms in total. The third-order valence-corrected chi connectivity index (χ3v) is 5.39. The second-order valence-electron chi connectivity index (χ2n) is 12.9. The van der Waals surface area contributed by atoms with Gasteiger partial charge >= 0.3 is 18.0 Å². The van der Waals surface area contributed by atoms with Gasteiger partial charge in [0, 0.05) is 12.8 Å². The minimum Gasteiger partial charge on any atom is -0.490 e. The van der Waals surface area contributed by atoms with Crippen molar-refractivity contribution in [2.24, 2.45) is 5.92 Å². The summed E-state index contributed by atoms with van der Waals surface area (Å²) in [6.07, 6.45) is -0.746. The van der Waals surface area contributed by atoms with Gasteiger partial charge in [-0.3, -0.25) is 4.79 Å². The molecule has 9 heteroatoms. The first kappa shape index (κ1) is 31.4. The first-order valence-corrected chi connectivity index (χ1v) is 13.1. The summed E-state index contributed by atoms with van der Waals surface area (Å²) in [7, 11) is 0. The molecule has 0 spiro atoms. The molecule has 1 fully saturated rings. The second kappa shape index (κ2) is 12.3. The first-order chi connectivity index (χ1) is 17.3. The number of alkyl halides is 1. The quantitative estimate of drug-likeness (QED) is 0.319. The molecule has 0 aromatic heterocycles. The van der Waals surface area contributed by atoms with Crippen LogP contribution < -0.4 is 10.1 Å². The van der Waals surface area contributed by atoms with Crippen molar-refractivity contribution in [1.82, 2.24) is 5.32 Å². The van der Waals surface area contributed by atoms with Crippen LogP contribution in [-0.2, 0) is 30.2 Å². The first-order valence-electron chi connectivity index (χ1n) is 13.1. The molecule has 0 bridgehead atoms. The number of hydrogen-bond donors (Lipinski definition) is 1. The van der Waals surface area contributed by atoms with Crippen LogP contribution in [0.1, 0.15) is 87.1 Å².